The fourth-order valence-corrected chi connectivity index (χ4v) is 2.13. The maximum atomic E-state index is 11.9. The fraction of sp³-hybridized carbons (Fsp3) is 0.588. The first-order valence-corrected chi connectivity index (χ1v) is 7.78. The summed E-state index contributed by atoms with van der Waals surface area (Å²) in [7, 11) is 6.17. The van der Waals surface area contributed by atoms with Gasteiger partial charge in [0.05, 0.1) is 0 Å². The van der Waals surface area contributed by atoms with Crippen LogP contribution in [0.25, 0.3) is 0 Å². The SMILES string of the molecule is C[B]c1cc(CCCN(C)C)ccc1NC(=O)OC(C)(C)C. The van der Waals surface area contributed by atoms with Gasteiger partial charge < -0.3 is 9.64 Å². The number of hydrogen-bond acceptors (Lipinski definition) is 3. The Morgan fingerprint density at radius 2 is 2.00 bits per heavy atom. The van der Waals surface area contributed by atoms with Crippen molar-refractivity contribution in [3.05, 3.63) is 23.8 Å². The van der Waals surface area contributed by atoms with E-state index in [0.29, 0.717) is 0 Å². The third kappa shape index (κ3) is 6.99. The van der Waals surface area contributed by atoms with Gasteiger partial charge in [-0.05, 0) is 65.9 Å². The molecule has 0 heterocycles. The number of carbonyl (C=O) groups is 1. The number of carbonyl (C=O) groups excluding carboxylic acids is 1. The van der Waals surface area contributed by atoms with E-state index in [1.54, 1.807) is 0 Å². The van der Waals surface area contributed by atoms with Crippen LogP contribution in [0, 0.1) is 0 Å². The molecule has 0 fully saturated rings. The highest BCUT2D eigenvalue weighted by Gasteiger charge is 2.17. The summed E-state index contributed by atoms with van der Waals surface area (Å²) in [6, 6.07) is 6.14. The molecule has 0 atom stereocenters. The predicted octanol–water partition coefficient (Wildman–Crippen LogP) is 2.91. The van der Waals surface area contributed by atoms with E-state index in [1.165, 1.54) is 5.56 Å². The molecule has 22 heavy (non-hydrogen) atoms. The van der Waals surface area contributed by atoms with Crippen molar-refractivity contribution in [2.24, 2.45) is 0 Å². The van der Waals surface area contributed by atoms with Gasteiger partial charge in [-0.2, -0.15) is 0 Å². The Hall–Kier alpha value is -1.49. The van der Waals surface area contributed by atoms with Crippen molar-refractivity contribution < 1.29 is 9.53 Å². The molecule has 1 aromatic rings. The van der Waals surface area contributed by atoms with E-state index in [2.05, 4.69) is 36.4 Å². The number of nitrogens with one attached hydrogen (secondary N) is 1. The molecule has 0 bridgehead atoms. The average Bonchev–Trinajstić information content (AvgIpc) is 2.37. The second-order valence-electron chi connectivity index (χ2n) is 6.74. The molecule has 0 aliphatic rings. The number of amides is 1. The van der Waals surface area contributed by atoms with Crippen molar-refractivity contribution in [3.63, 3.8) is 0 Å². The molecule has 0 saturated heterocycles. The predicted molar refractivity (Wildman–Crippen MR) is 94.4 cm³/mol. The van der Waals surface area contributed by atoms with Gasteiger partial charge in [-0.1, -0.05) is 24.4 Å². The first-order valence-electron chi connectivity index (χ1n) is 7.78. The Morgan fingerprint density at radius 3 is 2.55 bits per heavy atom. The van der Waals surface area contributed by atoms with Gasteiger partial charge in [0.2, 0.25) is 0 Å². The summed E-state index contributed by atoms with van der Waals surface area (Å²) in [5.41, 5.74) is 2.60. The number of benzene rings is 1. The number of rotatable bonds is 6. The molecule has 1 N–H and O–H groups in total. The first-order chi connectivity index (χ1) is 10.2. The number of aryl methyl sites for hydroxylation is 1. The van der Waals surface area contributed by atoms with Gasteiger partial charge in [0.15, 0.2) is 7.28 Å². The van der Waals surface area contributed by atoms with Crippen LogP contribution in [-0.2, 0) is 11.2 Å². The highest BCUT2D eigenvalue weighted by atomic mass is 16.6. The van der Waals surface area contributed by atoms with Gasteiger partial charge in [0, 0.05) is 5.69 Å². The van der Waals surface area contributed by atoms with Gasteiger partial charge in [-0.15, -0.1) is 0 Å². The monoisotopic (exact) mass is 303 g/mol. The van der Waals surface area contributed by atoms with Gasteiger partial charge in [0.1, 0.15) is 5.60 Å². The van der Waals surface area contributed by atoms with Crippen molar-refractivity contribution in [2.75, 3.05) is 26.0 Å². The van der Waals surface area contributed by atoms with Gasteiger partial charge in [-0.25, -0.2) is 4.79 Å². The van der Waals surface area contributed by atoms with Gasteiger partial charge >= 0.3 is 6.09 Å². The molecule has 1 radical (unpaired) electrons. The minimum atomic E-state index is -0.494. The van der Waals surface area contributed by atoms with Crippen LogP contribution >= 0.6 is 0 Å². The van der Waals surface area contributed by atoms with E-state index in [-0.39, 0.29) is 0 Å². The average molecular weight is 303 g/mol. The molecule has 4 nitrogen and oxygen atoms in total. The number of anilines is 1. The summed E-state index contributed by atoms with van der Waals surface area (Å²) in [5.74, 6) is 0. The van der Waals surface area contributed by atoms with Crippen molar-refractivity contribution >= 4 is 24.5 Å². The molecule has 1 amide bonds. The number of ether oxygens (including phenoxy) is 1. The lowest BCUT2D eigenvalue weighted by Crippen LogP contribution is -2.29. The molecule has 0 aliphatic carbocycles. The van der Waals surface area contributed by atoms with Crippen LogP contribution in [0.1, 0.15) is 32.8 Å². The van der Waals surface area contributed by atoms with Crippen LogP contribution in [0.2, 0.25) is 6.82 Å². The third-order valence-electron chi connectivity index (χ3n) is 3.13. The lowest BCUT2D eigenvalue weighted by atomic mass is 9.71. The summed E-state index contributed by atoms with van der Waals surface area (Å²) in [6.07, 6.45) is 1.73. The van der Waals surface area contributed by atoms with Crippen LogP contribution in [0.3, 0.4) is 0 Å². The molecule has 5 heteroatoms. The zero-order valence-electron chi connectivity index (χ0n) is 14.7. The Morgan fingerprint density at radius 1 is 1.32 bits per heavy atom. The van der Waals surface area contributed by atoms with Gasteiger partial charge in [0.25, 0.3) is 0 Å². The van der Waals surface area contributed by atoms with Crippen LogP contribution in [-0.4, -0.2) is 44.5 Å². The van der Waals surface area contributed by atoms with Crippen LogP contribution < -0.4 is 10.8 Å². The largest absolute Gasteiger partial charge is 0.444 e. The molecular weight excluding hydrogens is 275 g/mol. The lowest BCUT2D eigenvalue weighted by Gasteiger charge is -2.20. The number of nitrogens with zero attached hydrogens (tertiary/aromatic N) is 1. The van der Waals surface area contributed by atoms with Crippen molar-refractivity contribution in [1.29, 1.82) is 0 Å². The van der Waals surface area contributed by atoms with Crippen molar-refractivity contribution in [1.82, 2.24) is 4.90 Å². The van der Waals surface area contributed by atoms with E-state index < -0.39 is 11.7 Å². The molecule has 1 aromatic carbocycles. The molecular formula is C17H28BN2O2. The van der Waals surface area contributed by atoms with E-state index in [9.17, 15) is 4.79 Å². The standard InChI is InChI=1S/C17H28BN2O2/c1-17(2,3)22-16(21)19-15-10-9-13(12-14(15)18-4)8-7-11-20(5)6/h9-10,12H,7-8,11H2,1-6H3,(H,19,21). The highest BCUT2D eigenvalue weighted by molar-refractivity contribution is 6.54. The van der Waals surface area contributed by atoms with E-state index in [4.69, 9.17) is 4.74 Å². The second kappa shape index (κ2) is 8.23. The highest BCUT2D eigenvalue weighted by Crippen LogP contribution is 2.12. The molecule has 0 saturated carbocycles. The molecule has 0 spiro atoms. The summed E-state index contributed by atoms with van der Waals surface area (Å²) >= 11 is 0. The zero-order chi connectivity index (χ0) is 16.8. The maximum absolute atomic E-state index is 11.9. The molecule has 0 unspecified atom stereocenters. The Bertz CT molecular complexity index is 496. The summed E-state index contributed by atoms with van der Waals surface area (Å²) in [6.45, 7) is 8.61. The van der Waals surface area contributed by atoms with Gasteiger partial charge in [-0.3, -0.25) is 5.32 Å². The number of hydrogen-bond donors (Lipinski definition) is 1. The zero-order valence-corrected chi connectivity index (χ0v) is 14.7. The van der Waals surface area contributed by atoms with E-state index in [1.807, 2.05) is 40.9 Å². The first kappa shape index (κ1) is 18.6. The Balaban J connectivity index is 2.70. The van der Waals surface area contributed by atoms with E-state index >= 15 is 0 Å². The Labute approximate surface area is 135 Å². The summed E-state index contributed by atoms with van der Waals surface area (Å²) in [5, 5.41) is 2.82. The van der Waals surface area contributed by atoms with Crippen LogP contribution in [0.5, 0.6) is 0 Å². The summed E-state index contributed by atoms with van der Waals surface area (Å²) in [4.78, 5) is 14.1. The normalized spacial score (nSPS) is 11.4. The second-order valence-corrected chi connectivity index (χ2v) is 6.74. The molecule has 0 aromatic heterocycles. The Kier molecular flexibility index (Phi) is 6.94. The molecule has 0 aliphatic heterocycles. The lowest BCUT2D eigenvalue weighted by molar-refractivity contribution is 0.0636. The fourth-order valence-electron chi connectivity index (χ4n) is 2.13. The van der Waals surface area contributed by atoms with Crippen LogP contribution in [0.4, 0.5) is 10.5 Å². The minimum Gasteiger partial charge on any atom is -0.444 e. The summed E-state index contributed by atoms with van der Waals surface area (Å²) < 4.78 is 5.29. The third-order valence-corrected chi connectivity index (χ3v) is 3.13. The quantitative estimate of drug-likeness (QED) is 0.822. The molecule has 1 rings (SSSR count). The smallest absolute Gasteiger partial charge is 0.412 e. The maximum Gasteiger partial charge on any atom is 0.412 e. The minimum absolute atomic E-state index is 0.420. The van der Waals surface area contributed by atoms with Crippen molar-refractivity contribution in [3.8, 4) is 0 Å². The topological polar surface area (TPSA) is 41.6 Å². The van der Waals surface area contributed by atoms with E-state index in [0.717, 1.165) is 30.5 Å². The van der Waals surface area contributed by atoms with Crippen LogP contribution in [0.15, 0.2) is 18.2 Å². The van der Waals surface area contributed by atoms with Crippen molar-refractivity contribution in [2.45, 2.75) is 46.0 Å². The molecule has 121 valence electrons.